The van der Waals surface area contributed by atoms with E-state index in [1.54, 1.807) is 17.5 Å². The smallest absolute Gasteiger partial charge is 0.158 e. The number of fused-ring (bicyclic) bond motifs is 1. The van der Waals surface area contributed by atoms with Crippen molar-refractivity contribution >= 4 is 22.4 Å². The first-order valence-electron chi connectivity index (χ1n) is 7.32. The molecule has 6 heteroatoms. The first-order valence-corrected chi connectivity index (χ1v) is 8.13. The topological polar surface area (TPSA) is 56.5 Å². The molecule has 0 aromatic carbocycles. The molecule has 0 atom stereocenters. The molecule has 0 saturated heterocycles. The van der Waals surface area contributed by atoms with Crippen LogP contribution in [0, 0.1) is 13.8 Å². The number of pyridine rings is 2. The van der Waals surface area contributed by atoms with E-state index in [2.05, 4.69) is 21.1 Å². The first kappa shape index (κ1) is 14.0. The molecule has 0 unspecified atom stereocenters. The minimum atomic E-state index is 0.899. The van der Waals surface area contributed by atoms with E-state index in [0.29, 0.717) is 0 Å². The van der Waals surface area contributed by atoms with E-state index < -0.39 is 0 Å². The van der Waals surface area contributed by atoms with E-state index in [9.17, 15) is 0 Å². The largest absolute Gasteiger partial charge is 0.264 e. The lowest BCUT2D eigenvalue weighted by Crippen LogP contribution is -1.93. The van der Waals surface area contributed by atoms with Gasteiger partial charge in [-0.05, 0) is 38.1 Å². The van der Waals surface area contributed by atoms with Crippen molar-refractivity contribution in [2.45, 2.75) is 13.8 Å². The van der Waals surface area contributed by atoms with Gasteiger partial charge in [0.05, 0.1) is 22.0 Å². The minimum absolute atomic E-state index is 0.899. The van der Waals surface area contributed by atoms with Crippen molar-refractivity contribution in [3.05, 3.63) is 48.0 Å². The Kier molecular flexibility index (Phi) is 3.20. The lowest BCUT2D eigenvalue weighted by Gasteiger charge is -1.99. The summed E-state index contributed by atoms with van der Waals surface area (Å²) in [6.45, 7) is 4.02. The van der Waals surface area contributed by atoms with E-state index in [4.69, 9.17) is 4.98 Å². The molecule has 4 aromatic heterocycles. The van der Waals surface area contributed by atoms with Crippen LogP contribution < -0.4 is 0 Å². The summed E-state index contributed by atoms with van der Waals surface area (Å²) in [5.74, 6) is 0. The molecule has 0 spiro atoms. The maximum atomic E-state index is 4.79. The van der Waals surface area contributed by atoms with Gasteiger partial charge < -0.3 is 0 Å². The molecule has 5 nitrogen and oxygen atoms in total. The maximum Gasteiger partial charge on any atom is 0.158 e. The van der Waals surface area contributed by atoms with Gasteiger partial charge in [-0.1, -0.05) is 0 Å². The molecule has 0 N–H and O–H groups in total. The highest BCUT2D eigenvalue weighted by atomic mass is 32.1. The third kappa shape index (κ3) is 2.31. The van der Waals surface area contributed by atoms with Crippen LogP contribution in [0.3, 0.4) is 0 Å². The highest BCUT2D eigenvalue weighted by Crippen LogP contribution is 2.34. The van der Waals surface area contributed by atoms with Crippen LogP contribution in [0.1, 0.15) is 11.4 Å². The van der Waals surface area contributed by atoms with Crippen molar-refractivity contribution in [2.24, 2.45) is 7.05 Å². The summed E-state index contributed by atoms with van der Waals surface area (Å²) in [5.41, 5.74) is 4.85. The SMILES string of the molecule is Cc1nc(-c2cccnc2)sc1-c1ccc2c(C)nn(C)c2n1. The monoisotopic (exact) mass is 321 g/mol. The third-order valence-corrected chi connectivity index (χ3v) is 5.04. The number of aromatic nitrogens is 5. The zero-order valence-corrected chi connectivity index (χ0v) is 13.9. The van der Waals surface area contributed by atoms with Gasteiger partial charge >= 0.3 is 0 Å². The molecule has 114 valence electrons. The minimum Gasteiger partial charge on any atom is -0.264 e. The van der Waals surface area contributed by atoms with Crippen molar-refractivity contribution in [1.82, 2.24) is 24.7 Å². The zero-order chi connectivity index (χ0) is 16.0. The second kappa shape index (κ2) is 5.24. The van der Waals surface area contributed by atoms with Crippen LogP contribution >= 0.6 is 11.3 Å². The summed E-state index contributed by atoms with van der Waals surface area (Å²) in [6, 6.07) is 8.08. The Hall–Kier alpha value is -2.60. The number of hydrogen-bond acceptors (Lipinski definition) is 5. The van der Waals surface area contributed by atoms with Gasteiger partial charge in [-0.25, -0.2) is 9.97 Å². The molecule has 4 aromatic rings. The zero-order valence-electron chi connectivity index (χ0n) is 13.1. The number of aryl methyl sites for hydroxylation is 3. The predicted molar refractivity (Wildman–Crippen MR) is 92.3 cm³/mol. The summed E-state index contributed by atoms with van der Waals surface area (Å²) < 4.78 is 1.83. The fraction of sp³-hybridized carbons (Fsp3) is 0.176. The molecule has 0 bridgehead atoms. The molecule has 23 heavy (non-hydrogen) atoms. The molecule has 0 aliphatic rings. The summed E-state index contributed by atoms with van der Waals surface area (Å²) in [5, 5.41) is 6.49. The van der Waals surface area contributed by atoms with Gasteiger partial charge in [0.15, 0.2) is 5.65 Å². The molecular weight excluding hydrogens is 306 g/mol. The second-order valence-electron chi connectivity index (χ2n) is 5.45. The molecule has 0 aliphatic heterocycles. The maximum absolute atomic E-state index is 4.79. The Morgan fingerprint density at radius 3 is 2.70 bits per heavy atom. The van der Waals surface area contributed by atoms with Gasteiger partial charge in [0, 0.05) is 30.4 Å². The molecule has 0 amide bonds. The standard InChI is InChI=1S/C17H15N5S/c1-10-13-6-7-14(20-16(13)22(3)21-10)15-11(2)19-17(23-15)12-5-4-8-18-9-12/h4-9H,1-3H3. The van der Waals surface area contributed by atoms with Crippen molar-refractivity contribution in [3.8, 4) is 21.1 Å². The van der Waals surface area contributed by atoms with E-state index in [1.807, 2.05) is 50.0 Å². The molecule has 0 aliphatic carbocycles. The average molecular weight is 321 g/mol. The van der Waals surface area contributed by atoms with Crippen LogP contribution in [0.25, 0.3) is 32.2 Å². The highest BCUT2D eigenvalue weighted by Gasteiger charge is 2.14. The number of thiazole rings is 1. The first-order chi connectivity index (χ1) is 11.1. The number of rotatable bonds is 2. The number of nitrogens with zero attached hydrogens (tertiary/aromatic N) is 5. The van der Waals surface area contributed by atoms with E-state index in [0.717, 1.165) is 43.6 Å². The van der Waals surface area contributed by atoms with Crippen LogP contribution in [0.4, 0.5) is 0 Å². The molecule has 0 fully saturated rings. The molecule has 4 rings (SSSR count). The Morgan fingerprint density at radius 1 is 1.04 bits per heavy atom. The predicted octanol–water partition coefficient (Wildman–Crippen LogP) is 3.77. The summed E-state index contributed by atoms with van der Waals surface area (Å²) >= 11 is 1.64. The average Bonchev–Trinajstić information content (AvgIpc) is 3.09. The summed E-state index contributed by atoms with van der Waals surface area (Å²) in [4.78, 5) is 14.7. The van der Waals surface area contributed by atoms with Crippen molar-refractivity contribution in [2.75, 3.05) is 0 Å². The van der Waals surface area contributed by atoms with Crippen LogP contribution in [0.2, 0.25) is 0 Å². The van der Waals surface area contributed by atoms with Gasteiger partial charge in [0.1, 0.15) is 5.01 Å². The van der Waals surface area contributed by atoms with Crippen LogP contribution in [0.5, 0.6) is 0 Å². The second-order valence-corrected chi connectivity index (χ2v) is 6.45. The Balaban J connectivity index is 1.85. The van der Waals surface area contributed by atoms with E-state index >= 15 is 0 Å². The fourth-order valence-electron chi connectivity index (χ4n) is 2.68. The Morgan fingerprint density at radius 2 is 1.91 bits per heavy atom. The Bertz CT molecular complexity index is 1000. The van der Waals surface area contributed by atoms with Crippen molar-refractivity contribution in [1.29, 1.82) is 0 Å². The van der Waals surface area contributed by atoms with Crippen LogP contribution in [0.15, 0.2) is 36.7 Å². The quantitative estimate of drug-likeness (QED) is 0.564. The fourth-order valence-corrected chi connectivity index (χ4v) is 3.70. The lowest BCUT2D eigenvalue weighted by atomic mass is 10.2. The van der Waals surface area contributed by atoms with E-state index in [-0.39, 0.29) is 0 Å². The van der Waals surface area contributed by atoms with Crippen LogP contribution in [-0.4, -0.2) is 24.7 Å². The third-order valence-electron chi connectivity index (χ3n) is 3.81. The molecule has 0 saturated carbocycles. The van der Waals surface area contributed by atoms with Crippen molar-refractivity contribution in [3.63, 3.8) is 0 Å². The molecular formula is C17H15N5S. The normalized spacial score (nSPS) is 11.3. The van der Waals surface area contributed by atoms with E-state index in [1.165, 1.54) is 0 Å². The van der Waals surface area contributed by atoms with Gasteiger partial charge in [-0.15, -0.1) is 11.3 Å². The summed E-state index contributed by atoms with van der Waals surface area (Å²) in [6.07, 6.45) is 3.61. The molecule has 0 radical (unpaired) electrons. The van der Waals surface area contributed by atoms with Gasteiger partial charge in [0.25, 0.3) is 0 Å². The Labute approximate surface area is 137 Å². The number of hydrogen-bond donors (Lipinski definition) is 0. The van der Waals surface area contributed by atoms with Gasteiger partial charge in [-0.2, -0.15) is 5.10 Å². The highest BCUT2D eigenvalue weighted by molar-refractivity contribution is 7.18. The summed E-state index contributed by atoms with van der Waals surface area (Å²) in [7, 11) is 1.92. The van der Waals surface area contributed by atoms with Crippen molar-refractivity contribution < 1.29 is 0 Å². The van der Waals surface area contributed by atoms with Gasteiger partial charge in [-0.3, -0.25) is 9.67 Å². The van der Waals surface area contributed by atoms with Gasteiger partial charge in [0.2, 0.25) is 0 Å². The molecule has 4 heterocycles. The lowest BCUT2D eigenvalue weighted by molar-refractivity contribution is 0.774. The van der Waals surface area contributed by atoms with Crippen LogP contribution in [-0.2, 0) is 7.05 Å².